The number of hydrogen-bond acceptors (Lipinski definition) is 3. The fourth-order valence-corrected chi connectivity index (χ4v) is 2.97. The van der Waals surface area contributed by atoms with Crippen molar-refractivity contribution in [1.29, 1.82) is 0 Å². The SMILES string of the molecule is CN(C)C(=O)C[NH+]1CCN(C(=O)Cc2ccsc2)CC1. The average molecular weight is 296 g/mol. The minimum atomic E-state index is 0.151. The van der Waals surface area contributed by atoms with Gasteiger partial charge in [0.25, 0.3) is 5.91 Å². The monoisotopic (exact) mass is 296 g/mol. The molecule has 0 radical (unpaired) electrons. The van der Waals surface area contributed by atoms with Gasteiger partial charge in [0.1, 0.15) is 0 Å². The van der Waals surface area contributed by atoms with Gasteiger partial charge >= 0.3 is 0 Å². The first-order valence-corrected chi connectivity index (χ1v) is 7.83. The van der Waals surface area contributed by atoms with Crippen molar-refractivity contribution >= 4 is 23.2 Å². The minimum absolute atomic E-state index is 0.151. The summed E-state index contributed by atoms with van der Waals surface area (Å²) in [6.45, 7) is 3.74. The van der Waals surface area contributed by atoms with Crippen molar-refractivity contribution in [3.8, 4) is 0 Å². The van der Waals surface area contributed by atoms with E-state index < -0.39 is 0 Å². The number of thiophene rings is 1. The smallest absolute Gasteiger partial charge is 0.277 e. The lowest BCUT2D eigenvalue weighted by Crippen LogP contribution is -3.15. The summed E-state index contributed by atoms with van der Waals surface area (Å²) in [5.74, 6) is 0.347. The number of hydrogen-bond donors (Lipinski definition) is 1. The quantitative estimate of drug-likeness (QED) is 0.783. The van der Waals surface area contributed by atoms with E-state index in [0.29, 0.717) is 13.0 Å². The highest BCUT2D eigenvalue weighted by molar-refractivity contribution is 7.07. The molecule has 0 bridgehead atoms. The maximum absolute atomic E-state index is 12.1. The Balaban J connectivity index is 1.76. The Hall–Kier alpha value is -1.40. The van der Waals surface area contributed by atoms with Gasteiger partial charge in [-0.05, 0) is 22.4 Å². The standard InChI is InChI=1S/C14H21N3O2S/c1-15(2)14(19)10-16-4-6-17(7-5-16)13(18)9-12-3-8-20-11-12/h3,8,11H,4-7,9-10H2,1-2H3/p+1. The summed E-state index contributed by atoms with van der Waals surface area (Å²) >= 11 is 1.62. The van der Waals surface area contributed by atoms with E-state index in [-0.39, 0.29) is 11.8 Å². The topological polar surface area (TPSA) is 45.1 Å². The molecule has 2 amide bonds. The van der Waals surface area contributed by atoms with Crippen LogP contribution in [0.4, 0.5) is 0 Å². The predicted octanol–water partition coefficient (Wildman–Crippen LogP) is -0.894. The minimum Gasteiger partial charge on any atom is -0.344 e. The Morgan fingerprint density at radius 3 is 2.60 bits per heavy atom. The number of nitrogens with zero attached hydrogens (tertiary/aromatic N) is 2. The molecule has 2 heterocycles. The molecule has 1 aromatic rings. The maximum Gasteiger partial charge on any atom is 0.277 e. The van der Waals surface area contributed by atoms with Gasteiger partial charge in [0.2, 0.25) is 5.91 Å². The Morgan fingerprint density at radius 1 is 1.35 bits per heavy atom. The first-order valence-electron chi connectivity index (χ1n) is 6.89. The Labute approximate surface area is 123 Å². The normalized spacial score (nSPS) is 16.2. The van der Waals surface area contributed by atoms with Crippen LogP contribution >= 0.6 is 11.3 Å². The van der Waals surface area contributed by atoms with Gasteiger partial charge in [-0.2, -0.15) is 11.3 Å². The molecule has 1 aromatic heterocycles. The van der Waals surface area contributed by atoms with Crippen LogP contribution in [0, 0.1) is 0 Å². The molecular formula is C14H22N3O2S+. The second kappa shape index (κ2) is 6.85. The second-order valence-electron chi connectivity index (χ2n) is 5.40. The van der Waals surface area contributed by atoms with Crippen LogP contribution in [-0.2, 0) is 16.0 Å². The van der Waals surface area contributed by atoms with Crippen LogP contribution in [0.2, 0.25) is 0 Å². The number of amides is 2. The van der Waals surface area contributed by atoms with Crippen LogP contribution in [0.15, 0.2) is 16.8 Å². The lowest BCUT2D eigenvalue weighted by atomic mass is 10.2. The molecular weight excluding hydrogens is 274 g/mol. The molecule has 1 aliphatic heterocycles. The van der Waals surface area contributed by atoms with E-state index in [2.05, 4.69) is 0 Å². The van der Waals surface area contributed by atoms with Crippen LogP contribution in [-0.4, -0.2) is 68.4 Å². The number of rotatable bonds is 4. The molecule has 0 aromatic carbocycles. The van der Waals surface area contributed by atoms with Crippen LogP contribution in [0.3, 0.4) is 0 Å². The zero-order valence-electron chi connectivity index (χ0n) is 12.1. The molecule has 0 unspecified atom stereocenters. The highest BCUT2D eigenvalue weighted by Crippen LogP contribution is 2.08. The highest BCUT2D eigenvalue weighted by atomic mass is 32.1. The number of likely N-dealkylation sites (N-methyl/N-ethyl adjacent to an activating group) is 1. The van der Waals surface area contributed by atoms with Gasteiger partial charge in [-0.15, -0.1) is 0 Å². The van der Waals surface area contributed by atoms with E-state index >= 15 is 0 Å². The van der Waals surface area contributed by atoms with Crippen molar-refractivity contribution in [1.82, 2.24) is 9.80 Å². The average Bonchev–Trinajstić information content (AvgIpc) is 2.92. The summed E-state index contributed by atoms with van der Waals surface area (Å²) in [7, 11) is 3.56. The molecule has 6 heteroatoms. The molecule has 0 aliphatic carbocycles. The molecule has 0 atom stereocenters. The number of quaternary nitrogens is 1. The zero-order chi connectivity index (χ0) is 14.5. The second-order valence-corrected chi connectivity index (χ2v) is 6.18. The third kappa shape index (κ3) is 4.05. The van der Waals surface area contributed by atoms with Gasteiger partial charge in [-0.25, -0.2) is 0 Å². The Kier molecular flexibility index (Phi) is 5.14. The number of carbonyl (C=O) groups excluding carboxylic acids is 2. The molecule has 20 heavy (non-hydrogen) atoms. The van der Waals surface area contributed by atoms with Crippen LogP contribution in [0.5, 0.6) is 0 Å². The summed E-state index contributed by atoms with van der Waals surface area (Å²) in [6, 6.07) is 2.00. The molecule has 5 nitrogen and oxygen atoms in total. The van der Waals surface area contributed by atoms with E-state index in [4.69, 9.17) is 0 Å². The summed E-state index contributed by atoms with van der Waals surface area (Å²) in [6.07, 6.45) is 0.495. The van der Waals surface area contributed by atoms with Gasteiger partial charge in [0.05, 0.1) is 32.6 Å². The summed E-state index contributed by atoms with van der Waals surface area (Å²) < 4.78 is 0. The van der Waals surface area contributed by atoms with Crippen molar-refractivity contribution < 1.29 is 14.5 Å². The van der Waals surface area contributed by atoms with Crippen molar-refractivity contribution in [3.63, 3.8) is 0 Å². The highest BCUT2D eigenvalue weighted by Gasteiger charge is 2.25. The zero-order valence-corrected chi connectivity index (χ0v) is 12.9. The molecule has 0 spiro atoms. The van der Waals surface area contributed by atoms with Crippen molar-refractivity contribution in [3.05, 3.63) is 22.4 Å². The predicted molar refractivity (Wildman–Crippen MR) is 78.9 cm³/mol. The lowest BCUT2D eigenvalue weighted by Gasteiger charge is -2.32. The van der Waals surface area contributed by atoms with Crippen molar-refractivity contribution in [2.45, 2.75) is 6.42 Å². The Bertz CT molecular complexity index is 451. The molecule has 0 saturated carbocycles. The van der Waals surface area contributed by atoms with Crippen LogP contribution in [0.25, 0.3) is 0 Å². The van der Waals surface area contributed by atoms with E-state index in [0.717, 1.165) is 31.7 Å². The number of nitrogens with one attached hydrogen (secondary N) is 1. The third-order valence-corrected chi connectivity index (χ3v) is 4.39. The molecule has 1 N–H and O–H groups in total. The Morgan fingerprint density at radius 2 is 2.05 bits per heavy atom. The van der Waals surface area contributed by atoms with E-state index in [1.54, 1.807) is 30.3 Å². The van der Waals surface area contributed by atoms with Crippen molar-refractivity contribution in [2.75, 3.05) is 46.8 Å². The van der Waals surface area contributed by atoms with E-state index in [9.17, 15) is 9.59 Å². The fraction of sp³-hybridized carbons (Fsp3) is 0.571. The van der Waals surface area contributed by atoms with Crippen molar-refractivity contribution in [2.24, 2.45) is 0 Å². The molecule has 1 fully saturated rings. The summed E-state index contributed by atoms with van der Waals surface area (Å²) in [4.78, 5) is 28.6. The van der Waals surface area contributed by atoms with E-state index in [1.807, 2.05) is 21.7 Å². The fourth-order valence-electron chi connectivity index (χ4n) is 2.30. The van der Waals surface area contributed by atoms with Crippen LogP contribution < -0.4 is 4.90 Å². The van der Waals surface area contributed by atoms with Gasteiger partial charge in [-0.1, -0.05) is 0 Å². The number of piperazine rings is 1. The van der Waals surface area contributed by atoms with Crippen LogP contribution in [0.1, 0.15) is 5.56 Å². The van der Waals surface area contributed by atoms with E-state index in [1.165, 1.54) is 4.90 Å². The first kappa shape index (κ1) is 15.0. The number of carbonyl (C=O) groups is 2. The largest absolute Gasteiger partial charge is 0.344 e. The summed E-state index contributed by atoms with van der Waals surface area (Å²) in [5, 5.41) is 4.02. The lowest BCUT2D eigenvalue weighted by molar-refractivity contribution is -0.896. The first-order chi connectivity index (χ1) is 9.56. The molecule has 2 rings (SSSR count). The molecule has 1 saturated heterocycles. The van der Waals surface area contributed by atoms with Gasteiger partial charge in [0, 0.05) is 14.1 Å². The third-order valence-electron chi connectivity index (χ3n) is 3.66. The van der Waals surface area contributed by atoms with Gasteiger partial charge in [0.15, 0.2) is 6.54 Å². The maximum atomic E-state index is 12.1. The van der Waals surface area contributed by atoms with Gasteiger partial charge < -0.3 is 14.7 Å². The van der Waals surface area contributed by atoms with Gasteiger partial charge in [-0.3, -0.25) is 9.59 Å². The molecule has 1 aliphatic rings. The molecule has 110 valence electrons. The summed E-state index contributed by atoms with van der Waals surface area (Å²) in [5.41, 5.74) is 1.09.